The maximum atomic E-state index is 11.0. The SMILES string of the molecule is CC1(C)CCc2c(C(N)=O)n[nH]c2C1. The summed E-state index contributed by atoms with van der Waals surface area (Å²) >= 11 is 0. The first-order chi connectivity index (χ1) is 6.49. The smallest absolute Gasteiger partial charge is 0.269 e. The number of aromatic nitrogens is 2. The first-order valence-electron chi connectivity index (χ1n) is 4.85. The predicted octanol–water partition coefficient (Wildman–Crippen LogP) is 1.02. The van der Waals surface area contributed by atoms with Crippen molar-refractivity contribution in [3.05, 3.63) is 17.0 Å². The number of primary amides is 1. The number of H-pyrrole nitrogens is 1. The number of amides is 1. The fraction of sp³-hybridized carbons (Fsp3) is 0.600. The monoisotopic (exact) mass is 193 g/mol. The van der Waals surface area contributed by atoms with E-state index in [1.165, 1.54) is 0 Å². The van der Waals surface area contributed by atoms with Crippen molar-refractivity contribution < 1.29 is 4.79 Å². The van der Waals surface area contributed by atoms with Crippen LogP contribution in [-0.4, -0.2) is 16.1 Å². The van der Waals surface area contributed by atoms with Gasteiger partial charge in [-0.15, -0.1) is 0 Å². The average Bonchev–Trinajstić information content (AvgIpc) is 2.44. The number of fused-ring (bicyclic) bond motifs is 1. The lowest BCUT2D eigenvalue weighted by Gasteiger charge is -2.28. The van der Waals surface area contributed by atoms with Crippen LogP contribution in [0.3, 0.4) is 0 Å². The van der Waals surface area contributed by atoms with Gasteiger partial charge in [-0.1, -0.05) is 13.8 Å². The van der Waals surface area contributed by atoms with Gasteiger partial charge in [-0.3, -0.25) is 9.89 Å². The van der Waals surface area contributed by atoms with Gasteiger partial charge in [0.05, 0.1) is 0 Å². The van der Waals surface area contributed by atoms with Crippen LogP contribution >= 0.6 is 0 Å². The van der Waals surface area contributed by atoms with E-state index in [4.69, 9.17) is 5.73 Å². The Bertz CT molecular complexity index is 379. The molecule has 1 heterocycles. The maximum absolute atomic E-state index is 11.0. The Labute approximate surface area is 82.9 Å². The molecule has 4 nitrogen and oxygen atoms in total. The van der Waals surface area contributed by atoms with E-state index >= 15 is 0 Å². The van der Waals surface area contributed by atoms with Gasteiger partial charge in [-0.05, 0) is 24.7 Å². The molecule has 0 unspecified atom stereocenters. The fourth-order valence-corrected chi connectivity index (χ4v) is 2.05. The van der Waals surface area contributed by atoms with Gasteiger partial charge in [0.15, 0.2) is 5.69 Å². The zero-order chi connectivity index (χ0) is 10.3. The molecule has 1 amide bonds. The Morgan fingerprint density at radius 1 is 1.57 bits per heavy atom. The van der Waals surface area contributed by atoms with Crippen molar-refractivity contribution in [2.45, 2.75) is 33.1 Å². The zero-order valence-electron chi connectivity index (χ0n) is 8.55. The van der Waals surface area contributed by atoms with E-state index in [0.717, 1.165) is 30.5 Å². The highest BCUT2D eigenvalue weighted by atomic mass is 16.1. The molecule has 0 spiro atoms. The number of nitrogens with one attached hydrogen (secondary N) is 1. The normalized spacial score (nSPS) is 19.0. The number of carbonyl (C=O) groups is 1. The number of hydrogen-bond donors (Lipinski definition) is 2. The van der Waals surface area contributed by atoms with E-state index in [1.807, 2.05) is 0 Å². The molecule has 0 fully saturated rings. The predicted molar refractivity (Wildman–Crippen MR) is 52.9 cm³/mol. The Hall–Kier alpha value is -1.32. The molecule has 4 heteroatoms. The first-order valence-corrected chi connectivity index (χ1v) is 4.85. The zero-order valence-corrected chi connectivity index (χ0v) is 8.55. The number of nitrogens with zero attached hydrogens (tertiary/aromatic N) is 1. The van der Waals surface area contributed by atoms with E-state index < -0.39 is 5.91 Å². The van der Waals surface area contributed by atoms with Gasteiger partial charge < -0.3 is 5.73 Å². The summed E-state index contributed by atoms with van der Waals surface area (Å²) in [6.45, 7) is 4.45. The number of hydrogen-bond acceptors (Lipinski definition) is 2. The molecule has 0 aliphatic heterocycles. The summed E-state index contributed by atoms with van der Waals surface area (Å²) < 4.78 is 0. The van der Waals surface area contributed by atoms with Gasteiger partial charge in [0.25, 0.3) is 5.91 Å². The van der Waals surface area contributed by atoms with Crippen LogP contribution in [0.4, 0.5) is 0 Å². The van der Waals surface area contributed by atoms with Gasteiger partial charge in [0, 0.05) is 11.3 Å². The van der Waals surface area contributed by atoms with Crippen LogP contribution < -0.4 is 5.73 Å². The summed E-state index contributed by atoms with van der Waals surface area (Å²) in [6.07, 6.45) is 2.93. The van der Waals surface area contributed by atoms with Crippen molar-refractivity contribution in [1.82, 2.24) is 10.2 Å². The summed E-state index contributed by atoms with van der Waals surface area (Å²) in [5.41, 5.74) is 8.06. The third kappa shape index (κ3) is 1.41. The highest BCUT2D eigenvalue weighted by Gasteiger charge is 2.29. The topological polar surface area (TPSA) is 71.8 Å². The van der Waals surface area contributed by atoms with Crippen LogP contribution in [0.1, 0.15) is 42.0 Å². The van der Waals surface area contributed by atoms with Crippen LogP contribution in [0.2, 0.25) is 0 Å². The molecule has 0 saturated carbocycles. The summed E-state index contributed by atoms with van der Waals surface area (Å²) in [4.78, 5) is 11.0. The van der Waals surface area contributed by atoms with E-state index in [9.17, 15) is 4.79 Å². The van der Waals surface area contributed by atoms with Crippen LogP contribution in [0, 0.1) is 5.41 Å². The Morgan fingerprint density at radius 3 is 2.93 bits per heavy atom. The molecular formula is C10H15N3O. The molecule has 0 bridgehead atoms. The molecule has 1 aromatic heterocycles. The number of nitrogens with two attached hydrogens (primary N) is 1. The van der Waals surface area contributed by atoms with Crippen LogP contribution in [0.5, 0.6) is 0 Å². The molecular weight excluding hydrogens is 178 g/mol. The van der Waals surface area contributed by atoms with Gasteiger partial charge in [0.1, 0.15) is 0 Å². The van der Waals surface area contributed by atoms with Crippen molar-refractivity contribution in [1.29, 1.82) is 0 Å². The van der Waals surface area contributed by atoms with Crippen LogP contribution in [-0.2, 0) is 12.8 Å². The number of aromatic amines is 1. The third-order valence-electron chi connectivity index (χ3n) is 2.89. The van der Waals surface area contributed by atoms with E-state index in [0.29, 0.717) is 11.1 Å². The minimum atomic E-state index is -0.429. The van der Waals surface area contributed by atoms with Crippen molar-refractivity contribution in [2.24, 2.45) is 11.1 Å². The molecule has 1 aliphatic carbocycles. The minimum Gasteiger partial charge on any atom is -0.364 e. The fourth-order valence-electron chi connectivity index (χ4n) is 2.05. The third-order valence-corrected chi connectivity index (χ3v) is 2.89. The van der Waals surface area contributed by atoms with Gasteiger partial charge in [0.2, 0.25) is 0 Å². The van der Waals surface area contributed by atoms with Gasteiger partial charge in [-0.25, -0.2) is 0 Å². The Morgan fingerprint density at radius 2 is 2.29 bits per heavy atom. The number of carbonyl (C=O) groups excluding carboxylic acids is 1. The summed E-state index contributed by atoms with van der Waals surface area (Å²) in [5, 5.41) is 6.88. The van der Waals surface area contributed by atoms with E-state index in [2.05, 4.69) is 24.0 Å². The van der Waals surface area contributed by atoms with Crippen LogP contribution in [0.25, 0.3) is 0 Å². The van der Waals surface area contributed by atoms with Crippen LogP contribution in [0.15, 0.2) is 0 Å². The largest absolute Gasteiger partial charge is 0.364 e. The molecule has 2 rings (SSSR count). The summed E-state index contributed by atoms with van der Waals surface area (Å²) in [6, 6.07) is 0. The maximum Gasteiger partial charge on any atom is 0.269 e. The molecule has 3 N–H and O–H groups in total. The molecule has 1 aromatic rings. The van der Waals surface area contributed by atoms with E-state index in [1.54, 1.807) is 0 Å². The summed E-state index contributed by atoms with van der Waals surface area (Å²) in [5.74, 6) is -0.429. The second-order valence-corrected chi connectivity index (χ2v) is 4.73. The van der Waals surface area contributed by atoms with Gasteiger partial charge in [-0.2, -0.15) is 5.10 Å². The highest BCUT2D eigenvalue weighted by molar-refractivity contribution is 5.92. The molecule has 76 valence electrons. The lowest BCUT2D eigenvalue weighted by Crippen LogP contribution is -2.23. The van der Waals surface area contributed by atoms with Gasteiger partial charge >= 0.3 is 0 Å². The Kier molecular flexibility index (Phi) is 1.87. The van der Waals surface area contributed by atoms with Crippen molar-refractivity contribution in [2.75, 3.05) is 0 Å². The lowest BCUT2D eigenvalue weighted by molar-refractivity contribution is 0.0994. The molecule has 0 radical (unpaired) electrons. The standard InChI is InChI=1S/C10H15N3O/c1-10(2)4-3-6-7(5-10)12-13-8(6)9(11)14/h3-5H2,1-2H3,(H2,11,14)(H,12,13). The Balaban J connectivity index is 2.39. The lowest BCUT2D eigenvalue weighted by atomic mass is 9.76. The minimum absolute atomic E-state index is 0.300. The van der Waals surface area contributed by atoms with Crippen molar-refractivity contribution in [3.63, 3.8) is 0 Å². The molecule has 0 aromatic carbocycles. The average molecular weight is 193 g/mol. The summed E-state index contributed by atoms with van der Waals surface area (Å²) in [7, 11) is 0. The molecule has 14 heavy (non-hydrogen) atoms. The molecule has 1 aliphatic rings. The first kappa shape index (κ1) is 9.24. The second-order valence-electron chi connectivity index (χ2n) is 4.73. The molecule has 0 saturated heterocycles. The number of rotatable bonds is 1. The highest BCUT2D eigenvalue weighted by Crippen LogP contribution is 2.34. The van der Waals surface area contributed by atoms with Crippen molar-refractivity contribution in [3.8, 4) is 0 Å². The van der Waals surface area contributed by atoms with E-state index in [-0.39, 0.29) is 0 Å². The second kappa shape index (κ2) is 2.83. The van der Waals surface area contributed by atoms with Crippen molar-refractivity contribution >= 4 is 5.91 Å². The quantitative estimate of drug-likeness (QED) is 0.699. The molecule has 0 atom stereocenters.